The monoisotopic (exact) mass is 489 g/mol. The summed E-state index contributed by atoms with van der Waals surface area (Å²) in [4.78, 5) is 15.0. The van der Waals surface area contributed by atoms with Crippen LogP contribution in [0.3, 0.4) is 0 Å². The van der Waals surface area contributed by atoms with Crippen molar-refractivity contribution >= 4 is 26.7 Å². The Kier molecular flexibility index (Phi) is 6.45. The molecule has 0 aliphatic carbocycles. The predicted octanol–water partition coefficient (Wildman–Crippen LogP) is 5.32. The van der Waals surface area contributed by atoms with Gasteiger partial charge in [0.1, 0.15) is 5.58 Å². The molecule has 2 heterocycles. The number of carbonyl (C=O) groups is 1. The molecule has 1 fully saturated rings. The molecule has 1 saturated heterocycles. The Balaban J connectivity index is 1.24. The van der Waals surface area contributed by atoms with Gasteiger partial charge in [0.25, 0.3) is 5.91 Å². The van der Waals surface area contributed by atoms with Gasteiger partial charge in [-0.15, -0.1) is 0 Å². The highest BCUT2D eigenvalue weighted by Crippen LogP contribution is 2.28. The molecule has 35 heavy (non-hydrogen) atoms. The fourth-order valence-corrected chi connectivity index (χ4v) is 6.37. The largest absolute Gasteiger partial charge is 0.464 e. The van der Waals surface area contributed by atoms with Crippen LogP contribution >= 0.6 is 0 Å². The van der Waals surface area contributed by atoms with Gasteiger partial charge in [0.05, 0.1) is 23.0 Å². The van der Waals surface area contributed by atoms with Crippen LogP contribution < -0.4 is 0 Å². The van der Waals surface area contributed by atoms with Crippen molar-refractivity contribution in [1.82, 2.24) is 4.90 Å². The van der Waals surface area contributed by atoms with E-state index in [1.807, 2.05) is 48.5 Å². The van der Waals surface area contributed by atoms with Crippen molar-refractivity contribution in [3.05, 3.63) is 90.2 Å². The highest BCUT2D eigenvalue weighted by molar-refractivity contribution is 7.92. The van der Waals surface area contributed by atoms with Crippen LogP contribution in [0.4, 0.5) is 0 Å². The summed E-state index contributed by atoms with van der Waals surface area (Å²) in [5, 5.41) is 0.379. The minimum atomic E-state index is -3.48. The first-order valence-corrected chi connectivity index (χ1v) is 13.2. The molecule has 0 N–H and O–H groups in total. The van der Waals surface area contributed by atoms with E-state index in [1.165, 1.54) is 0 Å². The van der Waals surface area contributed by atoms with Crippen LogP contribution in [0.25, 0.3) is 22.1 Å². The van der Waals surface area contributed by atoms with E-state index in [4.69, 9.17) is 9.15 Å². The molecular weight excluding hydrogens is 462 g/mol. The van der Waals surface area contributed by atoms with Crippen LogP contribution in [0.1, 0.15) is 28.8 Å². The van der Waals surface area contributed by atoms with Crippen molar-refractivity contribution < 1.29 is 22.4 Å². The zero-order valence-corrected chi connectivity index (χ0v) is 20.3. The molecule has 6 nitrogen and oxygen atoms in total. The van der Waals surface area contributed by atoms with E-state index in [1.54, 1.807) is 42.5 Å². The molecule has 0 atom stereocenters. The van der Waals surface area contributed by atoms with Crippen molar-refractivity contribution in [2.75, 3.05) is 20.2 Å². The van der Waals surface area contributed by atoms with Gasteiger partial charge < -0.3 is 14.1 Å². The Morgan fingerprint density at radius 2 is 1.60 bits per heavy atom. The fourth-order valence-electron chi connectivity index (χ4n) is 4.64. The van der Waals surface area contributed by atoms with Gasteiger partial charge in [-0.25, -0.2) is 8.42 Å². The van der Waals surface area contributed by atoms with Crippen molar-refractivity contribution in [3.8, 4) is 11.1 Å². The van der Waals surface area contributed by atoms with Crippen LogP contribution in [0.5, 0.6) is 0 Å². The Labute approximate surface area is 205 Å². The fraction of sp³-hybridized carbons (Fsp3) is 0.250. The lowest BCUT2D eigenvalue weighted by atomic mass is 10.0. The van der Waals surface area contributed by atoms with Crippen molar-refractivity contribution in [3.63, 3.8) is 0 Å². The molecule has 1 aliphatic heterocycles. The summed E-state index contributed by atoms with van der Waals surface area (Å²) in [7, 11) is -1.81. The lowest BCUT2D eigenvalue weighted by Crippen LogP contribution is -2.42. The van der Waals surface area contributed by atoms with E-state index < -0.39 is 15.1 Å². The van der Waals surface area contributed by atoms with Gasteiger partial charge in [-0.05, 0) is 65.9 Å². The summed E-state index contributed by atoms with van der Waals surface area (Å²) in [6, 6.07) is 22.3. The van der Waals surface area contributed by atoms with Crippen molar-refractivity contribution in [2.45, 2.75) is 29.6 Å². The lowest BCUT2D eigenvalue weighted by molar-refractivity contribution is 0.0726. The molecule has 0 spiro atoms. The molecule has 180 valence electrons. The zero-order valence-electron chi connectivity index (χ0n) is 19.5. The number of methoxy groups -OCH3 is 1. The smallest absolute Gasteiger partial charge is 0.253 e. The van der Waals surface area contributed by atoms with Gasteiger partial charge >= 0.3 is 0 Å². The van der Waals surface area contributed by atoms with E-state index >= 15 is 0 Å². The molecular formula is C28H27NO5S. The summed E-state index contributed by atoms with van der Waals surface area (Å²) in [6.07, 6.45) is 2.44. The molecule has 1 amide bonds. The van der Waals surface area contributed by atoms with Crippen LogP contribution in [0, 0.1) is 0 Å². The first-order chi connectivity index (χ1) is 17.0. The number of hydrogen-bond donors (Lipinski definition) is 0. The van der Waals surface area contributed by atoms with Gasteiger partial charge in [-0.2, -0.15) is 0 Å². The number of sulfone groups is 1. The molecule has 0 bridgehead atoms. The molecule has 3 aromatic carbocycles. The zero-order chi connectivity index (χ0) is 24.4. The van der Waals surface area contributed by atoms with Crippen LogP contribution in [0.2, 0.25) is 0 Å². The third kappa shape index (κ3) is 4.74. The molecule has 1 aromatic heterocycles. The second kappa shape index (κ2) is 9.68. The predicted molar refractivity (Wildman–Crippen MR) is 135 cm³/mol. The first kappa shape index (κ1) is 23.3. The van der Waals surface area contributed by atoms with Gasteiger partial charge in [-0.1, -0.05) is 36.4 Å². The Morgan fingerprint density at radius 1 is 0.943 bits per heavy atom. The van der Waals surface area contributed by atoms with Crippen LogP contribution in [-0.4, -0.2) is 44.7 Å². The molecule has 0 saturated carbocycles. The number of amides is 1. The standard InChI is InChI=1S/C28H27NO5S/c1-33-19-20-2-4-21(5-3-20)22-6-9-25(10-7-22)35(31,32)26-12-15-29(16-13-26)28(30)24-8-11-27-23(18-24)14-17-34-27/h2-11,14,17-18,26H,12-13,15-16,19H2,1H3. The average molecular weight is 490 g/mol. The molecule has 7 heteroatoms. The summed E-state index contributed by atoms with van der Waals surface area (Å²) in [5.41, 5.74) is 4.39. The number of likely N-dealkylation sites (tertiary alicyclic amines) is 1. The SMILES string of the molecule is COCc1ccc(-c2ccc(S(=O)(=O)C3CCN(C(=O)c4ccc5occc5c4)CC3)cc2)cc1. The molecule has 0 radical (unpaired) electrons. The van der Waals surface area contributed by atoms with Crippen LogP contribution in [0.15, 0.2) is 88.4 Å². The van der Waals surface area contributed by atoms with Gasteiger partial charge in [0, 0.05) is 31.1 Å². The summed E-state index contributed by atoms with van der Waals surface area (Å²) < 4.78 is 37.1. The van der Waals surface area contributed by atoms with E-state index in [2.05, 4.69) is 0 Å². The third-order valence-electron chi connectivity index (χ3n) is 6.65. The highest BCUT2D eigenvalue weighted by Gasteiger charge is 2.33. The summed E-state index contributed by atoms with van der Waals surface area (Å²) in [5.74, 6) is -0.0789. The normalized spacial score (nSPS) is 14.9. The van der Waals surface area contributed by atoms with Gasteiger partial charge in [0.15, 0.2) is 9.84 Å². The van der Waals surface area contributed by atoms with Crippen molar-refractivity contribution in [1.29, 1.82) is 0 Å². The molecule has 4 aromatic rings. The lowest BCUT2D eigenvalue weighted by Gasteiger charge is -2.32. The van der Waals surface area contributed by atoms with Gasteiger partial charge in [0.2, 0.25) is 0 Å². The number of hydrogen-bond acceptors (Lipinski definition) is 5. The van der Waals surface area contributed by atoms with Crippen molar-refractivity contribution in [2.24, 2.45) is 0 Å². The van der Waals surface area contributed by atoms with E-state index in [-0.39, 0.29) is 5.91 Å². The number of rotatable bonds is 6. The third-order valence-corrected chi connectivity index (χ3v) is 8.93. The number of fused-ring (bicyclic) bond motifs is 1. The second-order valence-electron chi connectivity index (χ2n) is 8.86. The number of ether oxygens (including phenoxy) is 1. The number of carbonyl (C=O) groups excluding carboxylic acids is 1. The quantitative estimate of drug-likeness (QED) is 0.366. The van der Waals surface area contributed by atoms with Gasteiger partial charge in [-0.3, -0.25) is 4.79 Å². The minimum absolute atomic E-state index is 0.0789. The van der Waals surface area contributed by atoms with Crippen LogP contribution in [-0.2, 0) is 21.2 Å². The average Bonchev–Trinajstić information content (AvgIpc) is 3.37. The Hall–Kier alpha value is -3.42. The Bertz CT molecular complexity index is 1430. The van der Waals surface area contributed by atoms with E-state index in [9.17, 15) is 13.2 Å². The number of piperidine rings is 1. The number of nitrogens with zero attached hydrogens (tertiary/aromatic N) is 1. The number of benzene rings is 3. The maximum atomic E-state index is 13.3. The van der Waals surface area contributed by atoms with E-state index in [0.29, 0.717) is 43.0 Å². The minimum Gasteiger partial charge on any atom is -0.464 e. The Morgan fingerprint density at radius 3 is 2.26 bits per heavy atom. The highest BCUT2D eigenvalue weighted by atomic mass is 32.2. The maximum absolute atomic E-state index is 13.3. The molecule has 1 aliphatic rings. The van der Waals surface area contributed by atoms with E-state index in [0.717, 1.165) is 27.7 Å². The molecule has 5 rings (SSSR count). The summed E-state index contributed by atoms with van der Waals surface area (Å²) in [6.45, 7) is 1.39. The first-order valence-electron chi connectivity index (χ1n) is 11.6. The summed E-state index contributed by atoms with van der Waals surface area (Å²) >= 11 is 0. The number of furan rings is 1. The molecule has 0 unspecified atom stereocenters. The maximum Gasteiger partial charge on any atom is 0.253 e. The second-order valence-corrected chi connectivity index (χ2v) is 11.1. The topological polar surface area (TPSA) is 76.8 Å².